The van der Waals surface area contributed by atoms with E-state index < -0.39 is 22.6 Å². The number of carbonyl (C=O) groups is 1. The second-order valence-electron chi connectivity index (χ2n) is 6.24. The standard InChI is InChI=1S/C16H14Cl3F2IO2/c1-16(2)8(5-11(17)18)4-9(16)15(23)24-6-7-3-10(22)14(21)12(19)13(7)20/h3,5,8-9H,4,6H2,1-2H3. The summed E-state index contributed by atoms with van der Waals surface area (Å²) in [4.78, 5) is 12.3. The van der Waals surface area contributed by atoms with Crippen LogP contribution < -0.4 is 0 Å². The van der Waals surface area contributed by atoms with Crippen molar-refractivity contribution in [1.82, 2.24) is 0 Å². The first-order valence-electron chi connectivity index (χ1n) is 7.07. The molecular formula is C16H14Cl3F2IO2. The summed E-state index contributed by atoms with van der Waals surface area (Å²) in [7, 11) is 0. The van der Waals surface area contributed by atoms with Crippen LogP contribution in [-0.4, -0.2) is 5.97 Å². The highest BCUT2D eigenvalue weighted by atomic mass is 127. The van der Waals surface area contributed by atoms with Gasteiger partial charge in [-0.1, -0.05) is 54.7 Å². The lowest BCUT2D eigenvalue weighted by Gasteiger charge is -2.49. The minimum Gasteiger partial charge on any atom is -0.460 e. The predicted molar refractivity (Wildman–Crippen MR) is 99.0 cm³/mol. The van der Waals surface area contributed by atoms with Gasteiger partial charge >= 0.3 is 5.97 Å². The third-order valence-electron chi connectivity index (χ3n) is 4.50. The summed E-state index contributed by atoms with van der Waals surface area (Å²) in [6.07, 6.45) is 2.26. The third kappa shape index (κ3) is 4.00. The maximum Gasteiger partial charge on any atom is 0.309 e. The molecule has 8 heteroatoms. The number of allylic oxidation sites excluding steroid dienone is 1. The van der Waals surface area contributed by atoms with Gasteiger partial charge in [0.05, 0.1) is 9.49 Å². The van der Waals surface area contributed by atoms with Crippen molar-refractivity contribution in [3.63, 3.8) is 0 Å². The molecular weight excluding hydrogens is 495 g/mol. The van der Waals surface area contributed by atoms with E-state index in [1.807, 2.05) is 13.8 Å². The zero-order valence-corrected chi connectivity index (χ0v) is 17.2. The number of rotatable bonds is 4. The fraction of sp³-hybridized carbons (Fsp3) is 0.438. The van der Waals surface area contributed by atoms with Gasteiger partial charge in [0.2, 0.25) is 0 Å². The molecule has 1 fully saturated rings. The Morgan fingerprint density at radius 2 is 2.04 bits per heavy atom. The van der Waals surface area contributed by atoms with Crippen molar-refractivity contribution in [2.75, 3.05) is 0 Å². The molecule has 0 spiro atoms. The molecule has 2 rings (SSSR count). The van der Waals surface area contributed by atoms with Crippen LogP contribution in [0.1, 0.15) is 25.8 Å². The SMILES string of the molecule is CC1(C)C(C=C(Cl)Cl)CC1C(=O)OCc1cc(I)c(F)c(Cl)c1F. The Morgan fingerprint density at radius 1 is 1.42 bits per heavy atom. The second-order valence-corrected chi connectivity index (χ2v) is 8.79. The molecule has 1 aromatic carbocycles. The molecule has 24 heavy (non-hydrogen) atoms. The first-order chi connectivity index (χ1) is 11.1. The smallest absolute Gasteiger partial charge is 0.309 e. The van der Waals surface area contributed by atoms with E-state index in [1.165, 1.54) is 6.07 Å². The molecule has 1 saturated carbocycles. The van der Waals surface area contributed by atoms with Crippen molar-refractivity contribution in [2.45, 2.75) is 26.9 Å². The summed E-state index contributed by atoms with van der Waals surface area (Å²) >= 11 is 18.6. The lowest BCUT2D eigenvalue weighted by molar-refractivity contribution is -0.164. The minimum absolute atomic E-state index is 0.0385. The van der Waals surface area contributed by atoms with Crippen LogP contribution in [0.2, 0.25) is 5.02 Å². The zero-order valence-electron chi connectivity index (χ0n) is 12.8. The Labute approximate surface area is 167 Å². The van der Waals surface area contributed by atoms with Gasteiger partial charge in [0.15, 0.2) is 11.6 Å². The quantitative estimate of drug-likeness (QED) is 0.208. The first kappa shape index (κ1) is 20.2. The molecule has 0 aromatic heterocycles. The van der Waals surface area contributed by atoms with Gasteiger partial charge in [-0.3, -0.25) is 4.79 Å². The lowest BCUT2D eigenvalue weighted by atomic mass is 9.55. The Bertz CT molecular complexity index is 703. The van der Waals surface area contributed by atoms with E-state index >= 15 is 0 Å². The molecule has 0 N–H and O–H groups in total. The van der Waals surface area contributed by atoms with Gasteiger partial charge in [-0.15, -0.1) is 0 Å². The minimum atomic E-state index is -0.912. The van der Waals surface area contributed by atoms with Crippen molar-refractivity contribution in [3.05, 3.63) is 42.4 Å². The Hall–Kier alpha value is -0.110. The van der Waals surface area contributed by atoms with Gasteiger partial charge in [-0.05, 0) is 46.4 Å². The van der Waals surface area contributed by atoms with E-state index in [-0.39, 0.29) is 37.5 Å². The molecule has 0 radical (unpaired) electrons. The van der Waals surface area contributed by atoms with Gasteiger partial charge in [-0.25, -0.2) is 8.78 Å². The zero-order chi connectivity index (χ0) is 18.2. The largest absolute Gasteiger partial charge is 0.460 e. The molecule has 2 nitrogen and oxygen atoms in total. The van der Waals surface area contributed by atoms with E-state index in [1.54, 1.807) is 28.7 Å². The van der Waals surface area contributed by atoms with Gasteiger partial charge in [0.25, 0.3) is 0 Å². The number of ether oxygens (including phenoxy) is 1. The second kappa shape index (κ2) is 7.64. The van der Waals surface area contributed by atoms with Crippen LogP contribution in [0.5, 0.6) is 0 Å². The molecule has 132 valence electrons. The number of hydrogen-bond donors (Lipinski definition) is 0. The number of carbonyl (C=O) groups excluding carboxylic acids is 1. The summed E-state index contributed by atoms with van der Waals surface area (Å²) in [6, 6.07) is 1.27. The van der Waals surface area contributed by atoms with E-state index in [0.717, 1.165) is 0 Å². The number of hydrogen-bond acceptors (Lipinski definition) is 2. The Balaban J connectivity index is 2.04. The number of esters is 1. The van der Waals surface area contributed by atoms with Crippen molar-refractivity contribution < 1.29 is 18.3 Å². The molecule has 0 saturated heterocycles. The molecule has 1 aromatic rings. The highest BCUT2D eigenvalue weighted by Gasteiger charge is 2.51. The molecule has 0 heterocycles. The van der Waals surface area contributed by atoms with Crippen molar-refractivity contribution in [2.24, 2.45) is 17.3 Å². The van der Waals surface area contributed by atoms with Gasteiger partial charge in [-0.2, -0.15) is 0 Å². The van der Waals surface area contributed by atoms with Gasteiger partial charge < -0.3 is 4.74 Å². The summed E-state index contributed by atoms with van der Waals surface area (Å²) in [6.45, 7) is 3.53. The predicted octanol–water partition coefficient (Wildman–Crippen LogP) is 6.25. The lowest BCUT2D eigenvalue weighted by Crippen LogP contribution is -2.48. The third-order valence-corrected chi connectivity index (χ3v) is 5.87. The maximum atomic E-state index is 13.9. The summed E-state index contributed by atoms with van der Waals surface area (Å²) in [5.74, 6) is -2.45. The monoisotopic (exact) mass is 508 g/mol. The topological polar surface area (TPSA) is 26.3 Å². The van der Waals surface area contributed by atoms with Crippen LogP contribution in [0.4, 0.5) is 8.78 Å². The summed E-state index contributed by atoms with van der Waals surface area (Å²) in [5.41, 5.74) is -0.323. The van der Waals surface area contributed by atoms with E-state index in [4.69, 9.17) is 39.5 Å². The van der Waals surface area contributed by atoms with Crippen LogP contribution in [-0.2, 0) is 16.1 Å². The molecule has 1 aliphatic carbocycles. The maximum absolute atomic E-state index is 13.9. The van der Waals surface area contributed by atoms with Crippen molar-refractivity contribution in [3.8, 4) is 0 Å². The van der Waals surface area contributed by atoms with Crippen LogP contribution in [0, 0.1) is 32.5 Å². The fourth-order valence-corrected chi connectivity index (χ4v) is 4.10. The summed E-state index contributed by atoms with van der Waals surface area (Å²) < 4.78 is 33.0. The highest BCUT2D eigenvalue weighted by Crippen LogP contribution is 2.53. The molecule has 0 bridgehead atoms. The Kier molecular flexibility index (Phi) is 6.43. The average molecular weight is 510 g/mol. The van der Waals surface area contributed by atoms with Crippen LogP contribution in [0.25, 0.3) is 0 Å². The molecule has 0 amide bonds. The van der Waals surface area contributed by atoms with E-state index in [2.05, 4.69) is 0 Å². The van der Waals surface area contributed by atoms with Crippen LogP contribution in [0.3, 0.4) is 0 Å². The molecule has 2 atom stereocenters. The van der Waals surface area contributed by atoms with E-state index in [0.29, 0.717) is 6.42 Å². The average Bonchev–Trinajstić information content (AvgIpc) is 2.50. The number of halogens is 6. The molecule has 0 aliphatic heterocycles. The normalized spacial score (nSPS) is 21.8. The van der Waals surface area contributed by atoms with Crippen molar-refractivity contribution >= 4 is 63.4 Å². The van der Waals surface area contributed by atoms with Gasteiger partial charge in [0, 0.05) is 5.56 Å². The molecule has 1 aliphatic rings. The van der Waals surface area contributed by atoms with Gasteiger partial charge in [0.1, 0.15) is 16.1 Å². The van der Waals surface area contributed by atoms with Crippen LogP contribution >= 0.6 is 57.4 Å². The van der Waals surface area contributed by atoms with Crippen molar-refractivity contribution in [1.29, 1.82) is 0 Å². The van der Waals surface area contributed by atoms with Crippen LogP contribution in [0.15, 0.2) is 16.6 Å². The first-order valence-corrected chi connectivity index (χ1v) is 9.28. The Morgan fingerprint density at radius 3 is 2.58 bits per heavy atom. The summed E-state index contributed by atoms with van der Waals surface area (Å²) in [5, 5.41) is -0.598. The van der Waals surface area contributed by atoms with E-state index in [9.17, 15) is 13.6 Å². The molecule has 2 unspecified atom stereocenters. The number of benzene rings is 1. The highest BCUT2D eigenvalue weighted by molar-refractivity contribution is 14.1. The fourth-order valence-electron chi connectivity index (χ4n) is 2.77.